The summed E-state index contributed by atoms with van der Waals surface area (Å²) in [6.45, 7) is 0.433. The highest BCUT2D eigenvalue weighted by Gasteiger charge is 2.41. The van der Waals surface area contributed by atoms with Gasteiger partial charge < -0.3 is 15.2 Å². The Morgan fingerprint density at radius 3 is 2.46 bits per heavy atom. The standard InChI is InChI=1S/C18H19NO4S/c1-23-12-4-2-11(3-5-12)16-9-6-13(24-16)10-19-17(20)14-7-8-15(14)18(21)22/h2-6,9,14-15H,7-8,10H2,1H3,(H,19,20)(H,21,22)/t14-,15-/m0/s1. The molecule has 1 aromatic carbocycles. The summed E-state index contributed by atoms with van der Waals surface area (Å²) < 4.78 is 5.15. The van der Waals surface area contributed by atoms with E-state index in [9.17, 15) is 9.59 Å². The molecule has 1 amide bonds. The predicted octanol–water partition coefficient (Wildman–Crippen LogP) is 3.15. The number of rotatable bonds is 6. The van der Waals surface area contributed by atoms with Crippen molar-refractivity contribution < 1.29 is 19.4 Å². The van der Waals surface area contributed by atoms with Crippen LogP contribution in [0.15, 0.2) is 36.4 Å². The van der Waals surface area contributed by atoms with Crippen molar-refractivity contribution >= 4 is 23.2 Å². The van der Waals surface area contributed by atoms with Crippen LogP contribution in [0.4, 0.5) is 0 Å². The first-order valence-corrected chi connectivity index (χ1v) is 8.64. The second-order valence-electron chi connectivity index (χ2n) is 5.84. The van der Waals surface area contributed by atoms with Gasteiger partial charge in [-0.2, -0.15) is 0 Å². The topological polar surface area (TPSA) is 75.6 Å². The van der Waals surface area contributed by atoms with Crippen molar-refractivity contribution in [1.29, 1.82) is 0 Å². The van der Waals surface area contributed by atoms with Gasteiger partial charge >= 0.3 is 5.97 Å². The molecule has 0 radical (unpaired) electrons. The maximum absolute atomic E-state index is 12.1. The van der Waals surface area contributed by atoms with E-state index in [2.05, 4.69) is 5.32 Å². The van der Waals surface area contributed by atoms with E-state index in [0.717, 1.165) is 21.1 Å². The molecule has 2 aromatic rings. The summed E-state index contributed by atoms with van der Waals surface area (Å²) in [6, 6.07) is 11.8. The average molecular weight is 345 g/mol. The number of hydrogen-bond acceptors (Lipinski definition) is 4. The maximum atomic E-state index is 12.1. The number of aliphatic carboxylic acids is 1. The van der Waals surface area contributed by atoms with Crippen LogP contribution in [0, 0.1) is 11.8 Å². The Kier molecular flexibility index (Phi) is 4.85. The molecule has 1 aliphatic carbocycles. The summed E-state index contributed by atoms with van der Waals surface area (Å²) in [7, 11) is 1.64. The molecule has 0 bridgehead atoms. The lowest BCUT2D eigenvalue weighted by Gasteiger charge is -2.31. The van der Waals surface area contributed by atoms with Gasteiger partial charge in [-0.25, -0.2) is 0 Å². The fourth-order valence-electron chi connectivity index (χ4n) is 2.80. The number of ether oxygens (including phenoxy) is 1. The summed E-state index contributed by atoms with van der Waals surface area (Å²) in [5.41, 5.74) is 1.10. The summed E-state index contributed by atoms with van der Waals surface area (Å²) >= 11 is 1.61. The minimum Gasteiger partial charge on any atom is -0.497 e. The molecule has 6 heteroatoms. The van der Waals surface area contributed by atoms with E-state index < -0.39 is 11.9 Å². The third kappa shape index (κ3) is 3.43. The number of carboxylic acids is 1. The van der Waals surface area contributed by atoms with Gasteiger partial charge in [-0.3, -0.25) is 9.59 Å². The molecule has 1 aliphatic rings. The van der Waals surface area contributed by atoms with Gasteiger partial charge in [-0.05, 0) is 54.8 Å². The number of amides is 1. The second kappa shape index (κ2) is 7.05. The molecule has 0 aliphatic heterocycles. The number of benzene rings is 1. The van der Waals surface area contributed by atoms with Gasteiger partial charge in [0.1, 0.15) is 5.75 Å². The highest BCUT2D eigenvalue weighted by atomic mass is 32.1. The Balaban J connectivity index is 1.58. The van der Waals surface area contributed by atoms with Crippen molar-refractivity contribution in [2.75, 3.05) is 7.11 Å². The normalized spacial score (nSPS) is 19.4. The van der Waals surface area contributed by atoms with Crippen LogP contribution >= 0.6 is 11.3 Å². The van der Waals surface area contributed by atoms with E-state index in [1.165, 1.54) is 0 Å². The summed E-state index contributed by atoms with van der Waals surface area (Å²) in [4.78, 5) is 25.2. The molecule has 1 aromatic heterocycles. The van der Waals surface area contributed by atoms with Crippen molar-refractivity contribution in [2.24, 2.45) is 11.8 Å². The summed E-state index contributed by atoms with van der Waals surface area (Å²) in [6.07, 6.45) is 1.25. The van der Waals surface area contributed by atoms with Gasteiger partial charge in [0.25, 0.3) is 0 Å². The first-order chi connectivity index (χ1) is 11.6. The minimum atomic E-state index is -0.876. The highest BCUT2D eigenvalue weighted by molar-refractivity contribution is 7.15. The second-order valence-corrected chi connectivity index (χ2v) is 7.01. The molecule has 2 N–H and O–H groups in total. The van der Waals surface area contributed by atoms with E-state index >= 15 is 0 Å². The highest BCUT2D eigenvalue weighted by Crippen LogP contribution is 2.35. The maximum Gasteiger partial charge on any atom is 0.307 e. The Morgan fingerprint density at radius 1 is 1.17 bits per heavy atom. The van der Waals surface area contributed by atoms with Gasteiger partial charge in [0.05, 0.1) is 25.5 Å². The number of carbonyl (C=O) groups excluding carboxylic acids is 1. The van der Waals surface area contributed by atoms with Gasteiger partial charge in [-0.1, -0.05) is 0 Å². The van der Waals surface area contributed by atoms with Crippen LogP contribution in [-0.2, 0) is 16.1 Å². The van der Waals surface area contributed by atoms with Gasteiger partial charge in [0.2, 0.25) is 5.91 Å². The zero-order chi connectivity index (χ0) is 17.1. The lowest BCUT2D eigenvalue weighted by atomic mass is 9.73. The Bertz CT molecular complexity index is 738. The fourth-order valence-corrected chi connectivity index (χ4v) is 3.75. The Labute approximate surface area is 144 Å². The van der Waals surface area contributed by atoms with E-state index in [1.807, 2.05) is 36.4 Å². The molecule has 1 fully saturated rings. The number of carboxylic acid groups (broad SMARTS) is 1. The van der Waals surface area contributed by atoms with Crippen LogP contribution in [0.1, 0.15) is 17.7 Å². The molecular weight excluding hydrogens is 326 g/mol. The van der Waals surface area contributed by atoms with E-state index in [0.29, 0.717) is 19.4 Å². The van der Waals surface area contributed by atoms with E-state index in [1.54, 1.807) is 18.4 Å². The zero-order valence-corrected chi connectivity index (χ0v) is 14.1. The molecule has 24 heavy (non-hydrogen) atoms. The van der Waals surface area contributed by atoms with Crippen LogP contribution in [-0.4, -0.2) is 24.1 Å². The molecule has 1 heterocycles. The lowest BCUT2D eigenvalue weighted by molar-refractivity contribution is -0.152. The fraction of sp³-hybridized carbons (Fsp3) is 0.333. The minimum absolute atomic E-state index is 0.159. The van der Waals surface area contributed by atoms with Gasteiger partial charge in [-0.15, -0.1) is 11.3 Å². The molecule has 2 atom stereocenters. The van der Waals surface area contributed by atoms with Crippen molar-refractivity contribution in [3.8, 4) is 16.2 Å². The molecule has 0 saturated heterocycles. The summed E-state index contributed by atoms with van der Waals surface area (Å²) in [5.74, 6) is -1.13. The Morgan fingerprint density at radius 2 is 1.88 bits per heavy atom. The van der Waals surface area contributed by atoms with Crippen molar-refractivity contribution in [3.63, 3.8) is 0 Å². The SMILES string of the molecule is COc1ccc(-c2ccc(CNC(=O)[C@H]3CC[C@@H]3C(=O)O)s2)cc1. The molecule has 5 nitrogen and oxygen atoms in total. The largest absolute Gasteiger partial charge is 0.497 e. The average Bonchev–Trinajstić information content (AvgIpc) is 3.00. The third-order valence-electron chi connectivity index (χ3n) is 4.40. The van der Waals surface area contributed by atoms with Gasteiger partial charge in [0, 0.05) is 9.75 Å². The monoisotopic (exact) mass is 345 g/mol. The quantitative estimate of drug-likeness (QED) is 0.843. The first kappa shape index (κ1) is 16.5. The predicted molar refractivity (Wildman–Crippen MR) is 92.0 cm³/mol. The van der Waals surface area contributed by atoms with Crippen LogP contribution < -0.4 is 10.1 Å². The molecular formula is C18H19NO4S. The van der Waals surface area contributed by atoms with Crippen molar-refractivity contribution in [2.45, 2.75) is 19.4 Å². The van der Waals surface area contributed by atoms with Crippen LogP contribution in [0.25, 0.3) is 10.4 Å². The van der Waals surface area contributed by atoms with E-state index in [4.69, 9.17) is 9.84 Å². The Hall–Kier alpha value is -2.34. The molecule has 0 spiro atoms. The van der Waals surface area contributed by atoms with Crippen LogP contribution in [0.3, 0.4) is 0 Å². The van der Waals surface area contributed by atoms with Crippen molar-refractivity contribution in [3.05, 3.63) is 41.3 Å². The lowest BCUT2D eigenvalue weighted by Crippen LogP contribution is -2.43. The third-order valence-corrected chi connectivity index (χ3v) is 5.54. The molecule has 3 rings (SSSR count). The first-order valence-electron chi connectivity index (χ1n) is 7.82. The number of nitrogens with one attached hydrogen (secondary N) is 1. The number of thiophene rings is 1. The summed E-state index contributed by atoms with van der Waals surface area (Å²) in [5, 5.41) is 11.9. The van der Waals surface area contributed by atoms with E-state index in [-0.39, 0.29) is 11.8 Å². The number of carbonyl (C=O) groups is 2. The van der Waals surface area contributed by atoms with Crippen LogP contribution in [0.5, 0.6) is 5.75 Å². The molecule has 1 saturated carbocycles. The smallest absolute Gasteiger partial charge is 0.307 e. The number of hydrogen-bond donors (Lipinski definition) is 2. The number of methoxy groups -OCH3 is 1. The van der Waals surface area contributed by atoms with Gasteiger partial charge in [0.15, 0.2) is 0 Å². The van der Waals surface area contributed by atoms with Crippen LogP contribution in [0.2, 0.25) is 0 Å². The zero-order valence-electron chi connectivity index (χ0n) is 13.3. The molecule has 0 unspecified atom stereocenters. The molecule has 126 valence electrons. The van der Waals surface area contributed by atoms with Crippen molar-refractivity contribution in [1.82, 2.24) is 5.32 Å².